The van der Waals surface area contributed by atoms with E-state index in [0.717, 1.165) is 11.3 Å². The Morgan fingerprint density at radius 1 is 1.53 bits per heavy atom. The number of likely N-dealkylation sites (N-methyl/N-ethyl adjacent to an activating group) is 2. The number of rotatable bonds is 5. The van der Waals surface area contributed by atoms with Crippen molar-refractivity contribution in [3.8, 4) is 5.75 Å². The Hall–Kier alpha value is -1.75. The van der Waals surface area contributed by atoms with Gasteiger partial charge in [-0.1, -0.05) is 0 Å². The Kier molecular flexibility index (Phi) is 4.78. The molecule has 17 heavy (non-hydrogen) atoms. The molecule has 0 aliphatic carbocycles. The van der Waals surface area contributed by atoms with E-state index in [2.05, 4.69) is 5.32 Å². The summed E-state index contributed by atoms with van der Waals surface area (Å²) in [4.78, 5) is 13.1. The van der Waals surface area contributed by atoms with Crippen LogP contribution in [0.1, 0.15) is 5.56 Å². The summed E-state index contributed by atoms with van der Waals surface area (Å²) in [5.41, 5.74) is 7.39. The summed E-state index contributed by atoms with van der Waals surface area (Å²) < 4.78 is 5.25. The number of hydrogen-bond acceptors (Lipinski definition) is 4. The smallest absolute Gasteiger partial charge is 0.233 e. The largest absolute Gasteiger partial charge is 0.496 e. The average molecular weight is 237 g/mol. The van der Waals surface area contributed by atoms with Crippen LogP contribution in [0.3, 0.4) is 0 Å². The Morgan fingerprint density at radius 2 is 2.24 bits per heavy atom. The fourth-order valence-electron chi connectivity index (χ4n) is 1.59. The number of anilines is 1. The number of nitrogen functional groups attached to an aromatic ring is 1. The summed E-state index contributed by atoms with van der Waals surface area (Å²) in [5.74, 6) is 0.762. The van der Waals surface area contributed by atoms with E-state index in [4.69, 9.17) is 10.5 Å². The van der Waals surface area contributed by atoms with E-state index in [1.54, 1.807) is 20.2 Å². The number of benzene rings is 1. The molecule has 1 rings (SSSR count). The molecule has 0 radical (unpaired) electrons. The average Bonchev–Trinajstić information content (AvgIpc) is 2.29. The number of amides is 1. The van der Waals surface area contributed by atoms with Gasteiger partial charge in [0.1, 0.15) is 5.75 Å². The predicted octanol–water partition coefficient (Wildman–Crippen LogP) is 0.455. The highest BCUT2D eigenvalue weighted by Crippen LogP contribution is 2.22. The maximum atomic E-state index is 11.2. The lowest BCUT2D eigenvalue weighted by molar-refractivity contribution is -0.121. The van der Waals surface area contributed by atoms with Gasteiger partial charge >= 0.3 is 0 Å². The molecule has 0 unspecified atom stereocenters. The van der Waals surface area contributed by atoms with Gasteiger partial charge in [0.15, 0.2) is 0 Å². The van der Waals surface area contributed by atoms with E-state index in [9.17, 15) is 4.79 Å². The Morgan fingerprint density at radius 3 is 2.82 bits per heavy atom. The minimum atomic E-state index is -0.0182. The second-order valence-electron chi connectivity index (χ2n) is 3.92. The Bertz CT molecular complexity index is 393. The third-order valence-corrected chi connectivity index (χ3v) is 2.44. The topological polar surface area (TPSA) is 67.6 Å². The molecule has 0 bridgehead atoms. The van der Waals surface area contributed by atoms with Gasteiger partial charge in [0.2, 0.25) is 5.91 Å². The first kappa shape index (κ1) is 13.3. The molecule has 1 aromatic carbocycles. The number of nitrogens with two attached hydrogens (primary N) is 1. The van der Waals surface area contributed by atoms with Crippen molar-refractivity contribution in [1.29, 1.82) is 0 Å². The molecule has 0 spiro atoms. The fraction of sp³-hybridized carbons (Fsp3) is 0.417. The van der Waals surface area contributed by atoms with Crippen molar-refractivity contribution in [3.05, 3.63) is 23.8 Å². The van der Waals surface area contributed by atoms with Gasteiger partial charge in [-0.3, -0.25) is 9.69 Å². The summed E-state index contributed by atoms with van der Waals surface area (Å²) in [6, 6.07) is 5.48. The maximum Gasteiger partial charge on any atom is 0.233 e. The summed E-state index contributed by atoms with van der Waals surface area (Å²) in [6.07, 6.45) is 0. The monoisotopic (exact) mass is 237 g/mol. The molecule has 0 aliphatic heterocycles. The first-order valence-electron chi connectivity index (χ1n) is 5.38. The normalized spacial score (nSPS) is 10.4. The molecule has 94 valence electrons. The van der Waals surface area contributed by atoms with Crippen molar-refractivity contribution in [2.24, 2.45) is 0 Å². The molecular weight excluding hydrogens is 218 g/mol. The molecule has 0 heterocycles. The molecular formula is C12H19N3O2. The SMILES string of the molecule is CNC(=O)CN(C)Cc1cc(N)ccc1OC. The van der Waals surface area contributed by atoms with Crippen LogP contribution in [0.2, 0.25) is 0 Å². The van der Waals surface area contributed by atoms with Crippen LogP contribution in [-0.2, 0) is 11.3 Å². The summed E-state index contributed by atoms with van der Waals surface area (Å²) in [7, 11) is 5.11. The Labute approximate surface area is 102 Å². The first-order valence-corrected chi connectivity index (χ1v) is 5.38. The van der Waals surface area contributed by atoms with E-state index < -0.39 is 0 Å². The van der Waals surface area contributed by atoms with E-state index in [-0.39, 0.29) is 5.91 Å². The number of hydrogen-bond donors (Lipinski definition) is 2. The van der Waals surface area contributed by atoms with Crippen LogP contribution in [0.5, 0.6) is 5.75 Å². The van der Waals surface area contributed by atoms with E-state index in [1.165, 1.54) is 0 Å². The third-order valence-electron chi connectivity index (χ3n) is 2.44. The van der Waals surface area contributed by atoms with Gasteiger partial charge in [0, 0.05) is 24.8 Å². The maximum absolute atomic E-state index is 11.2. The van der Waals surface area contributed by atoms with Crippen molar-refractivity contribution in [3.63, 3.8) is 0 Å². The highest BCUT2D eigenvalue weighted by atomic mass is 16.5. The molecule has 0 aliphatic rings. The zero-order valence-electron chi connectivity index (χ0n) is 10.5. The van der Waals surface area contributed by atoms with E-state index >= 15 is 0 Å². The van der Waals surface area contributed by atoms with Gasteiger partial charge in [-0.05, 0) is 25.2 Å². The zero-order chi connectivity index (χ0) is 12.8. The zero-order valence-corrected chi connectivity index (χ0v) is 10.5. The summed E-state index contributed by atoms with van der Waals surface area (Å²) >= 11 is 0. The van der Waals surface area contributed by atoms with E-state index in [1.807, 2.05) is 24.1 Å². The van der Waals surface area contributed by atoms with Gasteiger partial charge in [0.05, 0.1) is 13.7 Å². The quantitative estimate of drug-likeness (QED) is 0.730. The second-order valence-corrected chi connectivity index (χ2v) is 3.92. The van der Waals surface area contributed by atoms with Crippen LogP contribution in [0, 0.1) is 0 Å². The Balaban J connectivity index is 2.72. The highest BCUT2D eigenvalue weighted by Gasteiger charge is 2.09. The van der Waals surface area contributed by atoms with Crippen molar-refractivity contribution in [2.75, 3.05) is 33.5 Å². The highest BCUT2D eigenvalue weighted by molar-refractivity contribution is 5.77. The van der Waals surface area contributed by atoms with Gasteiger partial charge < -0.3 is 15.8 Å². The first-order chi connectivity index (χ1) is 8.06. The molecule has 0 atom stereocenters. The van der Waals surface area contributed by atoms with Crippen LogP contribution < -0.4 is 15.8 Å². The molecule has 5 nitrogen and oxygen atoms in total. The van der Waals surface area contributed by atoms with Crippen LogP contribution in [0.25, 0.3) is 0 Å². The lowest BCUT2D eigenvalue weighted by Crippen LogP contribution is -2.32. The van der Waals surface area contributed by atoms with Gasteiger partial charge in [-0.25, -0.2) is 0 Å². The number of carbonyl (C=O) groups excluding carboxylic acids is 1. The summed E-state index contributed by atoms with van der Waals surface area (Å²) in [5, 5.41) is 2.59. The second kappa shape index (κ2) is 6.10. The fourth-order valence-corrected chi connectivity index (χ4v) is 1.59. The van der Waals surface area contributed by atoms with Crippen molar-refractivity contribution in [1.82, 2.24) is 10.2 Å². The lowest BCUT2D eigenvalue weighted by Gasteiger charge is -2.17. The number of carbonyl (C=O) groups is 1. The minimum Gasteiger partial charge on any atom is -0.496 e. The molecule has 0 aromatic heterocycles. The van der Waals surface area contributed by atoms with Crippen LogP contribution >= 0.6 is 0 Å². The van der Waals surface area contributed by atoms with Crippen molar-refractivity contribution in [2.45, 2.75) is 6.54 Å². The van der Waals surface area contributed by atoms with Gasteiger partial charge in [-0.15, -0.1) is 0 Å². The van der Waals surface area contributed by atoms with Crippen LogP contribution in [0.15, 0.2) is 18.2 Å². The van der Waals surface area contributed by atoms with Crippen molar-refractivity contribution < 1.29 is 9.53 Å². The van der Waals surface area contributed by atoms with Crippen LogP contribution in [-0.4, -0.2) is 38.6 Å². The molecule has 5 heteroatoms. The van der Waals surface area contributed by atoms with Gasteiger partial charge in [-0.2, -0.15) is 0 Å². The van der Waals surface area contributed by atoms with Crippen molar-refractivity contribution >= 4 is 11.6 Å². The molecule has 0 saturated carbocycles. The lowest BCUT2D eigenvalue weighted by atomic mass is 10.1. The van der Waals surface area contributed by atoms with Gasteiger partial charge in [0.25, 0.3) is 0 Å². The molecule has 1 amide bonds. The third kappa shape index (κ3) is 3.96. The number of nitrogens with zero attached hydrogens (tertiary/aromatic N) is 1. The molecule has 1 aromatic rings. The standard InChI is InChI=1S/C12H19N3O2/c1-14-12(16)8-15(2)7-9-6-10(13)4-5-11(9)17-3/h4-6H,7-8,13H2,1-3H3,(H,14,16). The number of ether oxygens (including phenoxy) is 1. The predicted molar refractivity (Wildman–Crippen MR) is 67.8 cm³/mol. The molecule has 3 N–H and O–H groups in total. The minimum absolute atomic E-state index is 0.0182. The van der Waals surface area contributed by atoms with Crippen LogP contribution in [0.4, 0.5) is 5.69 Å². The number of nitrogens with one attached hydrogen (secondary N) is 1. The molecule has 0 saturated heterocycles. The number of methoxy groups -OCH3 is 1. The summed E-state index contributed by atoms with van der Waals surface area (Å²) in [6.45, 7) is 0.954. The van der Waals surface area contributed by atoms with E-state index in [0.29, 0.717) is 18.8 Å². The molecule has 0 fully saturated rings.